The van der Waals surface area contributed by atoms with Gasteiger partial charge in [-0.05, 0) is 30.7 Å². The van der Waals surface area contributed by atoms with Crippen LogP contribution in [-0.2, 0) is 4.79 Å². The molecule has 0 saturated carbocycles. The van der Waals surface area contributed by atoms with Gasteiger partial charge in [-0.25, -0.2) is 0 Å². The Bertz CT molecular complexity index is 751. The van der Waals surface area contributed by atoms with Crippen LogP contribution in [0.1, 0.15) is 11.3 Å². The number of nitriles is 1. The van der Waals surface area contributed by atoms with E-state index in [0.29, 0.717) is 17.3 Å². The van der Waals surface area contributed by atoms with Gasteiger partial charge in [0.25, 0.3) is 5.91 Å². The Morgan fingerprint density at radius 3 is 2.68 bits per heavy atom. The number of rotatable bonds is 4. The predicted octanol–water partition coefficient (Wildman–Crippen LogP) is 3.20. The molecular formula is C17H17N3O2. The molecule has 22 heavy (non-hydrogen) atoms. The lowest BCUT2D eigenvalue weighted by molar-refractivity contribution is -0.112. The highest BCUT2D eigenvalue weighted by molar-refractivity contribution is 6.09. The lowest BCUT2D eigenvalue weighted by Crippen LogP contribution is -2.13. The maximum atomic E-state index is 12.1. The van der Waals surface area contributed by atoms with Crippen LogP contribution in [0.4, 0.5) is 11.6 Å². The van der Waals surface area contributed by atoms with Crippen LogP contribution in [-0.4, -0.2) is 20.0 Å². The normalized spacial score (nSPS) is 10.9. The minimum Gasteiger partial charge on any atom is -0.441 e. The standard InChI is InChI=1S/C17H17N3O2/c1-12-5-4-6-14(9-12)19-17(21)13(11-18)10-15-7-8-16(22-15)20(2)3/h4-10H,1-3H3,(H,19,21)/b13-10-. The van der Waals surface area contributed by atoms with Crippen LogP contribution >= 0.6 is 0 Å². The lowest BCUT2D eigenvalue weighted by atomic mass is 10.2. The second kappa shape index (κ2) is 6.64. The first kappa shape index (κ1) is 15.4. The summed E-state index contributed by atoms with van der Waals surface area (Å²) in [6, 6.07) is 12.8. The van der Waals surface area contributed by atoms with Crippen molar-refractivity contribution in [2.24, 2.45) is 0 Å². The van der Waals surface area contributed by atoms with Gasteiger partial charge in [0.2, 0.25) is 0 Å². The average molecular weight is 295 g/mol. The molecule has 1 amide bonds. The fraction of sp³-hybridized carbons (Fsp3) is 0.176. The number of nitrogens with zero attached hydrogens (tertiary/aromatic N) is 2. The summed E-state index contributed by atoms with van der Waals surface area (Å²) in [7, 11) is 3.70. The molecule has 1 aromatic carbocycles. The van der Waals surface area contributed by atoms with Gasteiger partial charge in [0, 0.05) is 31.9 Å². The molecule has 0 unspecified atom stereocenters. The summed E-state index contributed by atoms with van der Waals surface area (Å²) >= 11 is 0. The summed E-state index contributed by atoms with van der Waals surface area (Å²) in [6.45, 7) is 1.93. The molecule has 1 aromatic heterocycles. The van der Waals surface area contributed by atoms with Crippen molar-refractivity contribution < 1.29 is 9.21 Å². The van der Waals surface area contributed by atoms with E-state index < -0.39 is 5.91 Å². The van der Waals surface area contributed by atoms with Gasteiger partial charge in [-0.1, -0.05) is 12.1 Å². The zero-order valence-electron chi connectivity index (χ0n) is 12.8. The Balaban J connectivity index is 2.18. The number of carbonyl (C=O) groups is 1. The molecule has 0 atom stereocenters. The fourth-order valence-electron chi connectivity index (χ4n) is 1.87. The molecule has 0 spiro atoms. The molecule has 112 valence electrons. The third-order valence-corrected chi connectivity index (χ3v) is 2.98. The van der Waals surface area contributed by atoms with Gasteiger partial charge in [-0.15, -0.1) is 0 Å². The Morgan fingerprint density at radius 1 is 1.32 bits per heavy atom. The van der Waals surface area contributed by atoms with Crippen LogP contribution in [0.2, 0.25) is 0 Å². The van der Waals surface area contributed by atoms with Gasteiger partial charge in [0.05, 0.1) is 0 Å². The smallest absolute Gasteiger partial charge is 0.266 e. The van der Waals surface area contributed by atoms with Gasteiger partial charge < -0.3 is 14.6 Å². The summed E-state index contributed by atoms with van der Waals surface area (Å²) in [6.07, 6.45) is 1.43. The van der Waals surface area contributed by atoms with E-state index in [1.54, 1.807) is 23.1 Å². The van der Waals surface area contributed by atoms with Crippen molar-refractivity contribution in [1.29, 1.82) is 5.26 Å². The van der Waals surface area contributed by atoms with Crippen LogP contribution in [0, 0.1) is 18.3 Å². The molecule has 0 aliphatic heterocycles. The molecule has 5 heteroatoms. The van der Waals surface area contributed by atoms with Gasteiger partial charge in [-0.2, -0.15) is 5.26 Å². The molecule has 1 N–H and O–H groups in total. The summed E-state index contributed by atoms with van der Waals surface area (Å²) < 4.78 is 5.52. The van der Waals surface area contributed by atoms with Gasteiger partial charge in [0.15, 0.2) is 5.88 Å². The van der Waals surface area contributed by atoms with Crippen molar-refractivity contribution in [3.63, 3.8) is 0 Å². The number of hydrogen-bond donors (Lipinski definition) is 1. The van der Waals surface area contributed by atoms with E-state index in [2.05, 4.69) is 5.32 Å². The van der Waals surface area contributed by atoms with Gasteiger partial charge in [0.1, 0.15) is 17.4 Å². The number of furan rings is 1. The second-order valence-electron chi connectivity index (χ2n) is 5.06. The summed E-state index contributed by atoms with van der Waals surface area (Å²) in [4.78, 5) is 13.9. The third-order valence-electron chi connectivity index (χ3n) is 2.98. The van der Waals surface area contributed by atoms with E-state index in [-0.39, 0.29) is 5.57 Å². The number of benzene rings is 1. The molecule has 0 aliphatic carbocycles. The monoisotopic (exact) mass is 295 g/mol. The van der Waals surface area contributed by atoms with Crippen LogP contribution < -0.4 is 10.2 Å². The van der Waals surface area contributed by atoms with Crippen molar-refractivity contribution in [1.82, 2.24) is 0 Å². The van der Waals surface area contributed by atoms with Crippen molar-refractivity contribution in [3.8, 4) is 6.07 Å². The van der Waals surface area contributed by atoms with Crippen molar-refractivity contribution in [3.05, 3.63) is 53.3 Å². The number of hydrogen-bond acceptors (Lipinski definition) is 4. The van der Waals surface area contributed by atoms with Gasteiger partial charge in [-0.3, -0.25) is 4.79 Å². The van der Waals surface area contributed by atoms with Crippen molar-refractivity contribution in [2.45, 2.75) is 6.92 Å². The maximum Gasteiger partial charge on any atom is 0.266 e. The highest BCUT2D eigenvalue weighted by Crippen LogP contribution is 2.19. The summed E-state index contributed by atoms with van der Waals surface area (Å²) in [5.74, 6) is 0.651. The number of carbonyl (C=O) groups excluding carboxylic acids is 1. The number of anilines is 2. The first-order valence-corrected chi connectivity index (χ1v) is 6.76. The number of aryl methyl sites for hydroxylation is 1. The van der Waals surface area contributed by atoms with E-state index in [0.717, 1.165) is 5.56 Å². The largest absolute Gasteiger partial charge is 0.441 e. The van der Waals surface area contributed by atoms with Crippen LogP contribution in [0.15, 0.2) is 46.4 Å². The molecule has 0 bridgehead atoms. The van der Waals surface area contributed by atoms with Gasteiger partial charge >= 0.3 is 0 Å². The summed E-state index contributed by atoms with van der Waals surface area (Å²) in [5, 5.41) is 11.9. The Hall–Kier alpha value is -3.00. The van der Waals surface area contributed by atoms with Crippen molar-refractivity contribution >= 4 is 23.6 Å². The molecule has 0 saturated heterocycles. The molecular weight excluding hydrogens is 278 g/mol. The molecule has 2 rings (SSSR count). The number of nitrogens with one attached hydrogen (secondary N) is 1. The van der Waals surface area contributed by atoms with Crippen LogP contribution in [0.5, 0.6) is 0 Å². The highest BCUT2D eigenvalue weighted by Gasteiger charge is 2.11. The minimum absolute atomic E-state index is 0.0128. The minimum atomic E-state index is -0.462. The zero-order valence-corrected chi connectivity index (χ0v) is 12.8. The van der Waals surface area contributed by atoms with E-state index >= 15 is 0 Å². The fourth-order valence-corrected chi connectivity index (χ4v) is 1.87. The Labute approximate surface area is 129 Å². The molecule has 2 aromatic rings. The molecule has 0 aliphatic rings. The summed E-state index contributed by atoms with van der Waals surface area (Å²) in [5.41, 5.74) is 1.67. The zero-order chi connectivity index (χ0) is 16.1. The van der Waals surface area contributed by atoms with Crippen LogP contribution in [0.3, 0.4) is 0 Å². The Kier molecular flexibility index (Phi) is 4.64. The number of amides is 1. The van der Waals surface area contributed by atoms with E-state index in [4.69, 9.17) is 4.42 Å². The maximum absolute atomic E-state index is 12.1. The highest BCUT2D eigenvalue weighted by atomic mass is 16.4. The average Bonchev–Trinajstić information content (AvgIpc) is 2.93. The third kappa shape index (κ3) is 3.76. The predicted molar refractivity (Wildman–Crippen MR) is 86.4 cm³/mol. The quantitative estimate of drug-likeness (QED) is 0.694. The van der Waals surface area contributed by atoms with Crippen molar-refractivity contribution in [2.75, 3.05) is 24.3 Å². The topological polar surface area (TPSA) is 69.3 Å². The van der Waals surface area contributed by atoms with Crippen LogP contribution in [0.25, 0.3) is 6.08 Å². The first-order chi connectivity index (χ1) is 10.5. The molecule has 0 fully saturated rings. The van der Waals surface area contributed by atoms with E-state index in [9.17, 15) is 10.1 Å². The molecule has 5 nitrogen and oxygen atoms in total. The SMILES string of the molecule is Cc1cccc(NC(=O)/C(C#N)=C\c2ccc(N(C)C)o2)c1. The van der Waals surface area contributed by atoms with E-state index in [1.165, 1.54) is 6.08 Å². The first-order valence-electron chi connectivity index (χ1n) is 6.76. The second-order valence-corrected chi connectivity index (χ2v) is 5.06. The lowest BCUT2D eigenvalue weighted by Gasteiger charge is -2.06. The van der Waals surface area contributed by atoms with E-state index in [1.807, 2.05) is 45.3 Å². The Morgan fingerprint density at radius 2 is 2.09 bits per heavy atom. The molecule has 1 heterocycles. The molecule has 0 radical (unpaired) electrons.